The fourth-order valence-corrected chi connectivity index (χ4v) is 2.15. The minimum Gasteiger partial charge on any atom is -0.465 e. The van der Waals surface area contributed by atoms with Crippen molar-refractivity contribution in [1.82, 2.24) is 9.55 Å². The van der Waals surface area contributed by atoms with E-state index in [1.54, 1.807) is 18.5 Å². The Morgan fingerprint density at radius 2 is 2.20 bits per heavy atom. The Bertz CT molecular complexity index is 597. The number of aryl methyl sites for hydroxylation is 1. The molecule has 0 saturated heterocycles. The molecule has 0 spiro atoms. The van der Waals surface area contributed by atoms with Gasteiger partial charge in [0.1, 0.15) is 5.52 Å². The lowest BCUT2D eigenvalue weighted by molar-refractivity contribution is 0.0603. The van der Waals surface area contributed by atoms with Crippen LogP contribution in [0.2, 0.25) is 6.32 Å². The zero-order valence-electron chi connectivity index (χ0n) is 11.3. The molecular weight excluding hydrogens is 259 g/mol. The number of esters is 1. The topological polar surface area (TPSA) is 84.6 Å². The second-order valence-electron chi connectivity index (χ2n) is 4.58. The van der Waals surface area contributed by atoms with E-state index in [1.165, 1.54) is 7.11 Å². The minimum atomic E-state index is -1.25. The Hall–Kier alpha value is -1.86. The number of nitrogens with zero attached hydrogens (tertiary/aromatic N) is 2. The first kappa shape index (κ1) is 14.6. The summed E-state index contributed by atoms with van der Waals surface area (Å²) in [5.74, 6) is -0.399. The van der Waals surface area contributed by atoms with Crippen molar-refractivity contribution < 1.29 is 19.6 Å². The van der Waals surface area contributed by atoms with Crippen LogP contribution in [0.3, 0.4) is 0 Å². The van der Waals surface area contributed by atoms with Crippen molar-refractivity contribution in [3.8, 4) is 0 Å². The smallest absolute Gasteiger partial charge is 0.451 e. The van der Waals surface area contributed by atoms with Gasteiger partial charge in [0.15, 0.2) is 0 Å². The molecule has 0 aliphatic carbocycles. The number of ether oxygens (including phenoxy) is 1. The Balaban J connectivity index is 2.14. The number of fused-ring (bicyclic) bond motifs is 1. The van der Waals surface area contributed by atoms with Gasteiger partial charge in [0.25, 0.3) is 0 Å². The maximum Gasteiger partial charge on any atom is 0.451 e. The van der Waals surface area contributed by atoms with Crippen molar-refractivity contribution in [2.75, 3.05) is 7.11 Å². The lowest BCUT2D eigenvalue weighted by atomic mass is 9.84. The van der Waals surface area contributed by atoms with Crippen LogP contribution in [-0.4, -0.2) is 39.8 Å². The van der Waals surface area contributed by atoms with Crippen LogP contribution in [-0.2, 0) is 11.3 Å². The summed E-state index contributed by atoms with van der Waals surface area (Å²) >= 11 is 0. The molecule has 0 radical (unpaired) electrons. The lowest BCUT2D eigenvalue weighted by Crippen LogP contribution is -2.10. The molecule has 2 rings (SSSR count). The average molecular weight is 276 g/mol. The van der Waals surface area contributed by atoms with Gasteiger partial charge in [0.2, 0.25) is 0 Å². The number of benzene rings is 1. The summed E-state index contributed by atoms with van der Waals surface area (Å²) < 4.78 is 6.68. The molecule has 0 bridgehead atoms. The second-order valence-corrected chi connectivity index (χ2v) is 4.58. The molecule has 0 aliphatic rings. The number of carbonyl (C=O) groups excluding carboxylic acids is 1. The SMILES string of the molecule is COC(=O)c1cccc2c1ncn2CCCCB(O)O. The molecule has 106 valence electrons. The molecule has 1 aromatic carbocycles. The van der Waals surface area contributed by atoms with E-state index in [2.05, 4.69) is 4.98 Å². The van der Waals surface area contributed by atoms with Crippen molar-refractivity contribution in [3.63, 3.8) is 0 Å². The minimum absolute atomic E-state index is 0.361. The quantitative estimate of drug-likeness (QED) is 0.468. The molecule has 0 saturated carbocycles. The molecular formula is C13H17BN2O4. The van der Waals surface area contributed by atoms with Gasteiger partial charge in [-0.3, -0.25) is 0 Å². The average Bonchev–Trinajstić information content (AvgIpc) is 2.85. The molecule has 0 amide bonds. The van der Waals surface area contributed by atoms with Crippen LogP contribution in [0, 0.1) is 0 Å². The third-order valence-electron chi connectivity index (χ3n) is 3.17. The number of aromatic nitrogens is 2. The van der Waals surface area contributed by atoms with E-state index in [-0.39, 0.29) is 0 Å². The van der Waals surface area contributed by atoms with E-state index >= 15 is 0 Å². The van der Waals surface area contributed by atoms with E-state index in [0.29, 0.717) is 30.4 Å². The second kappa shape index (κ2) is 6.54. The van der Waals surface area contributed by atoms with Gasteiger partial charge in [0.05, 0.1) is 24.5 Å². The zero-order chi connectivity index (χ0) is 14.5. The van der Waals surface area contributed by atoms with Gasteiger partial charge in [0, 0.05) is 6.54 Å². The lowest BCUT2D eigenvalue weighted by Gasteiger charge is -2.05. The first-order valence-electron chi connectivity index (χ1n) is 6.51. The van der Waals surface area contributed by atoms with Gasteiger partial charge in [-0.15, -0.1) is 0 Å². The molecule has 1 aromatic heterocycles. The van der Waals surface area contributed by atoms with Crippen molar-refractivity contribution in [2.24, 2.45) is 0 Å². The number of para-hydroxylation sites is 1. The summed E-state index contributed by atoms with van der Waals surface area (Å²) in [6, 6.07) is 5.38. The Morgan fingerprint density at radius 3 is 2.90 bits per heavy atom. The highest BCUT2D eigenvalue weighted by Gasteiger charge is 2.13. The zero-order valence-corrected chi connectivity index (χ0v) is 11.3. The number of hydrogen-bond donors (Lipinski definition) is 2. The summed E-state index contributed by atoms with van der Waals surface area (Å²) in [5, 5.41) is 17.6. The van der Waals surface area contributed by atoms with Crippen LogP contribution in [0.25, 0.3) is 11.0 Å². The van der Waals surface area contributed by atoms with Crippen LogP contribution in [0.4, 0.5) is 0 Å². The Labute approximate surface area is 117 Å². The van der Waals surface area contributed by atoms with Gasteiger partial charge in [-0.25, -0.2) is 9.78 Å². The molecule has 20 heavy (non-hydrogen) atoms. The summed E-state index contributed by atoms with van der Waals surface area (Å²) in [6.45, 7) is 0.716. The van der Waals surface area contributed by atoms with Gasteiger partial charge in [-0.2, -0.15) is 0 Å². The molecule has 1 heterocycles. The van der Waals surface area contributed by atoms with Gasteiger partial charge >= 0.3 is 13.1 Å². The molecule has 7 heteroatoms. The maximum atomic E-state index is 11.6. The van der Waals surface area contributed by atoms with Crippen LogP contribution < -0.4 is 0 Å². The first-order chi connectivity index (χ1) is 9.63. The highest BCUT2D eigenvalue weighted by molar-refractivity contribution is 6.40. The number of methoxy groups -OCH3 is 1. The van der Waals surface area contributed by atoms with Crippen LogP contribution in [0.1, 0.15) is 23.2 Å². The van der Waals surface area contributed by atoms with Crippen molar-refractivity contribution >= 4 is 24.1 Å². The van der Waals surface area contributed by atoms with E-state index in [1.807, 2.05) is 10.6 Å². The van der Waals surface area contributed by atoms with E-state index in [4.69, 9.17) is 14.8 Å². The predicted molar refractivity (Wildman–Crippen MR) is 75.3 cm³/mol. The third kappa shape index (κ3) is 3.18. The molecule has 0 unspecified atom stereocenters. The van der Waals surface area contributed by atoms with Gasteiger partial charge in [-0.05, 0) is 24.9 Å². The summed E-state index contributed by atoms with van der Waals surface area (Å²) in [4.78, 5) is 15.9. The van der Waals surface area contributed by atoms with Crippen molar-refractivity contribution in [2.45, 2.75) is 25.7 Å². The highest BCUT2D eigenvalue weighted by Crippen LogP contribution is 2.19. The standard InChI is InChI=1S/C13H17BN2O4/c1-20-13(17)10-5-4-6-11-12(10)15-9-16(11)8-3-2-7-14(18)19/h4-6,9,18-19H,2-3,7-8H2,1H3. The number of rotatable bonds is 6. The van der Waals surface area contributed by atoms with Crippen LogP contribution >= 0.6 is 0 Å². The fourth-order valence-electron chi connectivity index (χ4n) is 2.15. The molecule has 2 N–H and O–H groups in total. The maximum absolute atomic E-state index is 11.6. The molecule has 6 nitrogen and oxygen atoms in total. The fraction of sp³-hybridized carbons (Fsp3) is 0.385. The third-order valence-corrected chi connectivity index (χ3v) is 3.17. The Kier molecular flexibility index (Phi) is 4.76. The van der Waals surface area contributed by atoms with Gasteiger partial charge < -0.3 is 19.4 Å². The Morgan fingerprint density at radius 1 is 1.40 bits per heavy atom. The number of carbonyl (C=O) groups is 1. The van der Waals surface area contributed by atoms with Crippen LogP contribution in [0.5, 0.6) is 0 Å². The molecule has 0 fully saturated rings. The van der Waals surface area contributed by atoms with Crippen LogP contribution in [0.15, 0.2) is 24.5 Å². The number of unbranched alkanes of at least 4 members (excludes halogenated alkanes) is 1. The summed E-state index contributed by atoms with van der Waals surface area (Å²) in [7, 11) is 0.0960. The predicted octanol–water partition coefficient (Wildman–Crippen LogP) is 1.08. The number of hydrogen-bond acceptors (Lipinski definition) is 5. The number of imidazole rings is 1. The van der Waals surface area contributed by atoms with E-state index in [0.717, 1.165) is 11.9 Å². The monoisotopic (exact) mass is 276 g/mol. The van der Waals surface area contributed by atoms with E-state index < -0.39 is 13.1 Å². The molecule has 0 atom stereocenters. The summed E-state index contributed by atoms with van der Waals surface area (Å²) in [5.41, 5.74) is 1.95. The highest BCUT2D eigenvalue weighted by atomic mass is 16.5. The first-order valence-corrected chi connectivity index (χ1v) is 6.51. The van der Waals surface area contributed by atoms with E-state index in [9.17, 15) is 4.79 Å². The van der Waals surface area contributed by atoms with Gasteiger partial charge in [-0.1, -0.05) is 12.5 Å². The largest absolute Gasteiger partial charge is 0.465 e. The van der Waals surface area contributed by atoms with Crippen molar-refractivity contribution in [3.05, 3.63) is 30.1 Å². The van der Waals surface area contributed by atoms with Crippen molar-refractivity contribution in [1.29, 1.82) is 0 Å². The molecule has 0 aliphatic heterocycles. The summed E-state index contributed by atoms with van der Waals surface area (Å²) in [6.07, 6.45) is 3.58. The molecule has 2 aromatic rings. The normalized spacial score (nSPS) is 10.8.